The van der Waals surface area contributed by atoms with Gasteiger partial charge in [0, 0.05) is 24.1 Å². The van der Waals surface area contributed by atoms with Gasteiger partial charge in [0.1, 0.15) is 37.0 Å². The lowest BCUT2D eigenvalue weighted by Gasteiger charge is -2.62. The van der Waals surface area contributed by atoms with E-state index in [0.717, 1.165) is 26.2 Å². The van der Waals surface area contributed by atoms with E-state index >= 15 is 0 Å². The molecule has 1 aromatic heterocycles. The number of carbonyl (C=O) groups excluding carboxylic acids is 1. The Hall–Kier alpha value is -1.65. The van der Waals surface area contributed by atoms with Crippen LogP contribution in [0.3, 0.4) is 0 Å². The molecule has 0 aliphatic carbocycles. The Morgan fingerprint density at radius 1 is 0.963 bits per heavy atom. The highest BCUT2D eigenvalue weighted by molar-refractivity contribution is 5.92. The number of hydrogen-bond donors (Lipinski definition) is 2. The Morgan fingerprint density at radius 2 is 1.48 bits per heavy atom. The molecule has 0 amide bonds. The highest BCUT2D eigenvalue weighted by Crippen LogP contribution is 2.45. The lowest BCUT2D eigenvalue weighted by Crippen LogP contribution is -3.41. The maximum absolute atomic E-state index is 13.7. The highest BCUT2D eigenvalue weighted by atomic mass is 16.1. The lowest BCUT2D eigenvalue weighted by atomic mass is 9.53. The quantitative estimate of drug-likeness (QED) is 0.828. The molecule has 5 heterocycles. The predicted molar refractivity (Wildman–Crippen MR) is 107 cm³/mol. The Balaban J connectivity index is 1.65. The van der Waals surface area contributed by atoms with Gasteiger partial charge >= 0.3 is 0 Å². The maximum Gasteiger partial charge on any atom is 0.242 e. The number of benzene rings is 1. The van der Waals surface area contributed by atoms with Crippen LogP contribution in [0, 0.1) is 22.7 Å². The van der Waals surface area contributed by atoms with E-state index in [1.807, 2.05) is 0 Å². The fraction of sp³-hybridized carbons (Fsp3) is 0.609. The molecule has 0 saturated carbocycles. The van der Waals surface area contributed by atoms with Crippen LogP contribution < -0.4 is 9.80 Å². The van der Waals surface area contributed by atoms with Gasteiger partial charge < -0.3 is 4.57 Å². The van der Waals surface area contributed by atoms with Crippen molar-refractivity contribution < 1.29 is 14.6 Å². The number of hydrogen-bond acceptors (Lipinski definition) is 1. The smallest absolute Gasteiger partial charge is 0.242 e. The topological polar surface area (TPSA) is 30.9 Å². The van der Waals surface area contributed by atoms with Crippen molar-refractivity contribution in [1.82, 2.24) is 4.57 Å². The average Bonchev–Trinajstić information content (AvgIpc) is 2.95. The summed E-state index contributed by atoms with van der Waals surface area (Å²) >= 11 is 0. The minimum Gasteiger partial charge on any atom is -0.350 e. The summed E-state index contributed by atoms with van der Waals surface area (Å²) in [6.45, 7) is 13.1. The number of piperidine rings is 2. The number of nitrogens with zero attached hydrogens (tertiary/aromatic N) is 1. The van der Waals surface area contributed by atoms with Crippen LogP contribution in [0.4, 0.5) is 0 Å². The first-order valence-corrected chi connectivity index (χ1v) is 10.6. The van der Waals surface area contributed by atoms with Crippen molar-refractivity contribution in [3.05, 3.63) is 36.0 Å². The van der Waals surface area contributed by atoms with Gasteiger partial charge in [-0.15, -0.1) is 0 Å². The number of ketones is 1. The van der Waals surface area contributed by atoms with Crippen LogP contribution in [0.2, 0.25) is 0 Å². The normalized spacial score (nSPS) is 37.9. The summed E-state index contributed by atoms with van der Waals surface area (Å²) in [7, 11) is 2.16. The van der Waals surface area contributed by atoms with Gasteiger partial charge in [-0.05, 0) is 17.9 Å². The van der Waals surface area contributed by atoms with Crippen LogP contribution in [0.5, 0.6) is 0 Å². The summed E-state index contributed by atoms with van der Waals surface area (Å²) in [4.78, 5) is 17.0. The molecule has 2 N–H and O–H groups in total. The molecule has 4 aliphatic rings. The number of quaternary nitrogens is 2. The molecule has 2 aromatic rings. The predicted octanol–water partition coefficient (Wildman–Crippen LogP) is 0.841. The number of aryl methyl sites for hydroxylation is 1. The Bertz CT molecular complexity index is 879. The minimum atomic E-state index is -0.132. The molecule has 27 heavy (non-hydrogen) atoms. The molecule has 144 valence electrons. The molecule has 4 nitrogen and oxygen atoms in total. The van der Waals surface area contributed by atoms with Crippen molar-refractivity contribution >= 4 is 16.7 Å². The van der Waals surface area contributed by atoms with Crippen molar-refractivity contribution in [2.75, 3.05) is 26.2 Å². The third kappa shape index (κ3) is 2.03. The molecular formula is C23H33N3O+2. The molecule has 4 heteroatoms. The van der Waals surface area contributed by atoms with Crippen molar-refractivity contribution in [3.8, 4) is 0 Å². The van der Waals surface area contributed by atoms with Crippen molar-refractivity contribution in [3.63, 3.8) is 0 Å². The molecule has 0 atom stereocenters. The van der Waals surface area contributed by atoms with E-state index in [1.54, 1.807) is 9.80 Å². The third-order valence-corrected chi connectivity index (χ3v) is 8.34. The van der Waals surface area contributed by atoms with Gasteiger partial charge in [0.05, 0.1) is 5.56 Å². The summed E-state index contributed by atoms with van der Waals surface area (Å²) in [5.74, 6) is 1.42. The summed E-state index contributed by atoms with van der Waals surface area (Å²) in [6.07, 6.45) is 2.81. The molecule has 4 saturated heterocycles. The van der Waals surface area contributed by atoms with Gasteiger partial charge in [0.25, 0.3) is 0 Å². The van der Waals surface area contributed by atoms with Gasteiger partial charge in [0.15, 0.2) is 5.78 Å². The van der Waals surface area contributed by atoms with Crippen LogP contribution in [0.1, 0.15) is 39.4 Å². The van der Waals surface area contributed by atoms with Gasteiger partial charge in [-0.25, -0.2) is 0 Å². The van der Waals surface area contributed by atoms with E-state index in [-0.39, 0.29) is 10.8 Å². The zero-order chi connectivity index (χ0) is 19.1. The molecule has 4 bridgehead atoms. The number of rotatable bonds is 3. The molecule has 1 aromatic carbocycles. The largest absolute Gasteiger partial charge is 0.350 e. The number of para-hydroxylation sites is 1. The second kappa shape index (κ2) is 5.45. The standard InChI is InChI=1S/C23H31N3O/c1-15(2)22-11-25-13-23(16(3)4,21(22)27)14-26(12-22)20(25)18-10-24(5)19-9-7-6-8-17(18)19/h6-10,15-16,20H,11-14H2,1-5H3/p+2. The second-order valence-electron chi connectivity index (χ2n) is 10.1. The lowest BCUT2D eigenvalue weighted by molar-refractivity contribution is -1.18. The molecular weight excluding hydrogens is 334 g/mol. The maximum atomic E-state index is 13.7. The molecule has 0 radical (unpaired) electrons. The van der Waals surface area contributed by atoms with Gasteiger partial charge in [-0.1, -0.05) is 45.9 Å². The first kappa shape index (κ1) is 17.4. The first-order valence-electron chi connectivity index (χ1n) is 10.6. The minimum absolute atomic E-state index is 0.132. The fourth-order valence-electron chi connectivity index (χ4n) is 6.77. The van der Waals surface area contributed by atoms with Crippen LogP contribution in [-0.2, 0) is 11.8 Å². The molecule has 4 aliphatic heterocycles. The number of aromatic nitrogens is 1. The fourth-order valence-corrected chi connectivity index (χ4v) is 6.77. The van der Waals surface area contributed by atoms with Crippen LogP contribution in [0.15, 0.2) is 30.5 Å². The highest BCUT2D eigenvalue weighted by Gasteiger charge is 2.73. The summed E-state index contributed by atoms with van der Waals surface area (Å²) < 4.78 is 2.28. The molecule has 4 fully saturated rings. The molecule has 0 unspecified atom stereocenters. The van der Waals surface area contributed by atoms with Gasteiger partial charge in [0.2, 0.25) is 6.17 Å². The first-order chi connectivity index (χ1) is 12.8. The van der Waals surface area contributed by atoms with E-state index in [4.69, 9.17) is 0 Å². The Morgan fingerprint density at radius 3 is 2.00 bits per heavy atom. The Kier molecular flexibility index (Phi) is 3.52. The second-order valence-corrected chi connectivity index (χ2v) is 10.1. The van der Waals surface area contributed by atoms with Crippen LogP contribution in [-0.4, -0.2) is 36.5 Å². The van der Waals surface area contributed by atoms with E-state index in [1.165, 1.54) is 16.5 Å². The number of nitrogens with one attached hydrogen (secondary N) is 2. The summed E-state index contributed by atoms with van der Waals surface area (Å²) in [5, 5.41) is 1.39. The number of carbonyl (C=O) groups is 1. The Labute approximate surface area is 162 Å². The number of Topliss-reactive ketones (excluding diaryl/α,β-unsaturated/α-hetero) is 1. The average molecular weight is 368 g/mol. The van der Waals surface area contributed by atoms with Crippen molar-refractivity contribution in [1.29, 1.82) is 0 Å². The zero-order valence-corrected chi connectivity index (χ0v) is 17.3. The summed E-state index contributed by atoms with van der Waals surface area (Å²) in [5.41, 5.74) is 2.52. The zero-order valence-electron chi connectivity index (χ0n) is 17.3. The molecule has 6 rings (SSSR count). The van der Waals surface area contributed by atoms with E-state index in [0.29, 0.717) is 23.8 Å². The van der Waals surface area contributed by atoms with E-state index < -0.39 is 0 Å². The monoisotopic (exact) mass is 367 g/mol. The molecule has 0 spiro atoms. The third-order valence-electron chi connectivity index (χ3n) is 8.34. The van der Waals surface area contributed by atoms with Gasteiger partial charge in [-0.3, -0.25) is 14.6 Å². The van der Waals surface area contributed by atoms with Gasteiger partial charge in [-0.2, -0.15) is 0 Å². The SMILES string of the molecule is CC(C)C12C[NH+]3CC(C(C)C)(C[NH+](C1)C3c1cn(C)c3ccccc13)C2=O. The van der Waals surface area contributed by atoms with Crippen molar-refractivity contribution in [2.45, 2.75) is 33.9 Å². The van der Waals surface area contributed by atoms with E-state index in [9.17, 15) is 4.79 Å². The van der Waals surface area contributed by atoms with Crippen LogP contribution >= 0.6 is 0 Å². The summed E-state index contributed by atoms with van der Waals surface area (Å²) in [6, 6.07) is 8.78. The van der Waals surface area contributed by atoms with E-state index in [2.05, 4.69) is 69.8 Å². The number of fused-ring (bicyclic) bond motifs is 1. The van der Waals surface area contributed by atoms with Crippen molar-refractivity contribution in [2.24, 2.45) is 29.7 Å². The van der Waals surface area contributed by atoms with Crippen LogP contribution in [0.25, 0.3) is 10.9 Å².